The Kier molecular flexibility index (Phi) is 4.02. The van der Waals surface area contributed by atoms with Gasteiger partial charge in [0.15, 0.2) is 5.78 Å². The number of rotatable bonds is 2. The zero-order chi connectivity index (χ0) is 15.3. The Labute approximate surface area is 141 Å². The van der Waals surface area contributed by atoms with Crippen molar-refractivity contribution in [2.75, 3.05) is 0 Å². The van der Waals surface area contributed by atoms with Crippen LogP contribution >= 0.6 is 12.4 Å². The van der Waals surface area contributed by atoms with Gasteiger partial charge in [-0.1, -0.05) is 18.2 Å². The van der Waals surface area contributed by atoms with E-state index in [1.807, 2.05) is 19.1 Å². The highest BCUT2D eigenvalue weighted by Gasteiger charge is 2.32. The van der Waals surface area contributed by atoms with Crippen molar-refractivity contribution in [2.45, 2.75) is 26.2 Å². The molecule has 4 rings (SSSR count). The van der Waals surface area contributed by atoms with Crippen molar-refractivity contribution in [3.63, 3.8) is 0 Å². The van der Waals surface area contributed by atoms with Gasteiger partial charge in [-0.05, 0) is 25.8 Å². The summed E-state index contributed by atoms with van der Waals surface area (Å²) in [5.74, 6) is 0.320. The number of H-pyrrole nitrogens is 1. The van der Waals surface area contributed by atoms with Crippen LogP contribution in [0.3, 0.4) is 0 Å². The Morgan fingerprint density at radius 2 is 2.13 bits per heavy atom. The minimum absolute atomic E-state index is 0. The molecule has 0 aliphatic heterocycles. The van der Waals surface area contributed by atoms with Gasteiger partial charge in [0.2, 0.25) is 0 Å². The van der Waals surface area contributed by atoms with Crippen LogP contribution in [0.2, 0.25) is 0 Å². The Hall–Kier alpha value is -2.07. The molecule has 23 heavy (non-hydrogen) atoms. The predicted octanol–water partition coefficient (Wildman–Crippen LogP) is 3.62. The molecule has 0 unspecified atom stereocenters. The maximum atomic E-state index is 13.0. The van der Waals surface area contributed by atoms with Crippen molar-refractivity contribution in [3.8, 4) is 0 Å². The van der Waals surface area contributed by atoms with Crippen molar-refractivity contribution in [2.24, 2.45) is 13.0 Å². The number of nitrogens with zero attached hydrogens (tertiary/aromatic N) is 2. The molecule has 2 heterocycles. The zero-order valence-corrected chi connectivity index (χ0v) is 14.1. The number of fused-ring (bicyclic) bond motifs is 3. The van der Waals surface area contributed by atoms with Crippen molar-refractivity contribution in [1.29, 1.82) is 0 Å². The number of Topliss-reactive ketones (excluding diaryl/α,β-unsaturated/α-hetero) is 1. The van der Waals surface area contributed by atoms with Crippen LogP contribution in [0.25, 0.3) is 10.9 Å². The van der Waals surface area contributed by atoms with E-state index in [9.17, 15) is 4.79 Å². The standard InChI is InChI=1S/C18H19N3O.ClH/c1-11-14(20-10-19-11)9-12-7-8-16-17(18(12)22)13-5-3-4-6-15(13)21(16)2;/h3-6,10,12H,7-9H2,1-2H3,(H,19,20);1H/t12-;/m1./s1. The van der Waals surface area contributed by atoms with Crippen molar-refractivity contribution < 1.29 is 4.79 Å². The molecule has 0 spiro atoms. The summed E-state index contributed by atoms with van der Waals surface area (Å²) in [6.45, 7) is 2.01. The number of hydrogen-bond acceptors (Lipinski definition) is 2. The van der Waals surface area contributed by atoms with E-state index in [4.69, 9.17) is 0 Å². The van der Waals surface area contributed by atoms with Gasteiger partial charge in [0.1, 0.15) is 0 Å². The molecule has 120 valence electrons. The van der Waals surface area contributed by atoms with E-state index in [-0.39, 0.29) is 24.1 Å². The molecular weight excluding hydrogens is 310 g/mol. The first-order valence-electron chi connectivity index (χ1n) is 7.76. The van der Waals surface area contributed by atoms with Crippen LogP contribution < -0.4 is 0 Å². The Morgan fingerprint density at radius 3 is 2.87 bits per heavy atom. The number of aromatic nitrogens is 3. The van der Waals surface area contributed by atoms with Crippen molar-refractivity contribution >= 4 is 29.1 Å². The molecular formula is C18H20ClN3O. The second-order valence-corrected chi connectivity index (χ2v) is 6.18. The third-order valence-electron chi connectivity index (χ3n) is 4.95. The van der Waals surface area contributed by atoms with Crippen molar-refractivity contribution in [3.05, 3.63) is 53.2 Å². The lowest BCUT2D eigenvalue weighted by molar-refractivity contribution is 0.0901. The lowest BCUT2D eigenvalue weighted by Crippen LogP contribution is -2.25. The van der Waals surface area contributed by atoms with Gasteiger partial charge < -0.3 is 9.55 Å². The van der Waals surface area contributed by atoms with Crippen LogP contribution in [0.5, 0.6) is 0 Å². The van der Waals surface area contributed by atoms with E-state index in [0.29, 0.717) is 0 Å². The molecule has 1 N–H and O–H groups in total. The van der Waals surface area contributed by atoms with Gasteiger partial charge in [0, 0.05) is 47.2 Å². The summed E-state index contributed by atoms with van der Waals surface area (Å²) in [5, 5.41) is 1.09. The molecule has 2 aromatic heterocycles. The number of aryl methyl sites for hydroxylation is 2. The zero-order valence-electron chi connectivity index (χ0n) is 13.3. The van der Waals surface area contributed by atoms with Gasteiger partial charge >= 0.3 is 0 Å². The molecule has 1 atom stereocenters. The first kappa shape index (κ1) is 15.8. The molecule has 0 amide bonds. The second-order valence-electron chi connectivity index (χ2n) is 6.18. The predicted molar refractivity (Wildman–Crippen MR) is 93.3 cm³/mol. The molecule has 5 heteroatoms. The largest absolute Gasteiger partial charge is 0.348 e. The molecule has 0 fully saturated rings. The summed E-state index contributed by atoms with van der Waals surface area (Å²) in [6, 6.07) is 8.20. The highest BCUT2D eigenvalue weighted by molar-refractivity contribution is 6.11. The fourth-order valence-corrected chi connectivity index (χ4v) is 3.68. The van der Waals surface area contributed by atoms with Gasteiger partial charge in [-0.25, -0.2) is 4.98 Å². The third-order valence-corrected chi connectivity index (χ3v) is 4.95. The van der Waals surface area contributed by atoms with Gasteiger partial charge in [0.25, 0.3) is 0 Å². The summed E-state index contributed by atoms with van der Waals surface area (Å²) in [4.78, 5) is 20.5. The van der Waals surface area contributed by atoms with E-state index < -0.39 is 0 Å². The first-order chi connectivity index (χ1) is 10.7. The Balaban J connectivity index is 0.00000156. The van der Waals surface area contributed by atoms with Crippen molar-refractivity contribution in [1.82, 2.24) is 14.5 Å². The minimum atomic E-state index is 0. The molecule has 4 nitrogen and oxygen atoms in total. The lowest BCUT2D eigenvalue weighted by Gasteiger charge is -2.21. The summed E-state index contributed by atoms with van der Waals surface area (Å²) in [5.41, 5.74) is 5.35. The number of hydrogen-bond donors (Lipinski definition) is 1. The number of benzene rings is 1. The molecule has 1 aliphatic carbocycles. The molecule has 0 saturated heterocycles. The normalized spacial score (nSPS) is 17.1. The summed E-state index contributed by atoms with van der Waals surface area (Å²) in [6.07, 6.45) is 4.31. The van der Waals surface area contributed by atoms with Gasteiger partial charge in [0.05, 0.1) is 12.0 Å². The number of halogens is 1. The number of nitrogens with one attached hydrogen (secondary N) is 1. The van der Waals surface area contributed by atoms with Crippen LogP contribution in [0, 0.1) is 12.8 Å². The van der Waals surface area contributed by atoms with Crippen LogP contribution in [-0.2, 0) is 19.9 Å². The fraction of sp³-hybridized carbons (Fsp3) is 0.333. The quantitative estimate of drug-likeness (QED) is 0.780. The lowest BCUT2D eigenvalue weighted by atomic mass is 9.82. The number of aromatic amines is 1. The maximum absolute atomic E-state index is 13.0. The summed E-state index contributed by atoms with van der Waals surface area (Å²) in [7, 11) is 2.06. The highest BCUT2D eigenvalue weighted by atomic mass is 35.5. The van der Waals surface area contributed by atoms with E-state index in [1.165, 1.54) is 5.69 Å². The summed E-state index contributed by atoms with van der Waals surface area (Å²) < 4.78 is 2.18. The molecule has 1 aromatic carbocycles. The minimum Gasteiger partial charge on any atom is -0.348 e. The topological polar surface area (TPSA) is 50.7 Å². The average molecular weight is 330 g/mol. The van der Waals surface area contributed by atoms with E-state index in [1.54, 1.807) is 6.33 Å². The van der Waals surface area contributed by atoms with Gasteiger partial charge in [-0.3, -0.25) is 4.79 Å². The summed E-state index contributed by atoms with van der Waals surface area (Å²) >= 11 is 0. The molecule has 0 bridgehead atoms. The van der Waals surface area contributed by atoms with Gasteiger partial charge in [-0.15, -0.1) is 12.4 Å². The maximum Gasteiger partial charge on any atom is 0.168 e. The number of imidazole rings is 1. The van der Waals surface area contributed by atoms with Crippen LogP contribution in [-0.4, -0.2) is 20.3 Å². The Bertz CT molecular complexity index is 878. The van der Waals surface area contributed by atoms with Gasteiger partial charge in [-0.2, -0.15) is 0 Å². The van der Waals surface area contributed by atoms with Crippen LogP contribution in [0.1, 0.15) is 33.9 Å². The van der Waals surface area contributed by atoms with E-state index in [0.717, 1.165) is 47.1 Å². The number of para-hydroxylation sites is 1. The number of carbonyl (C=O) groups is 1. The highest BCUT2D eigenvalue weighted by Crippen LogP contribution is 2.34. The van der Waals surface area contributed by atoms with Crippen LogP contribution in [0.4, 0.5) is 0 Å². The second kappa shape index (κ2) is 5.85. The molecule has 0 radical (unpaired) electrons. The Morgan fingerprint density at radius 1 is 1.35 bits per heavy atom. The SMILES string of the molecule is Cc1[nH]cnc1C[C@H]1CCc2c(c3ccccc3n2C)C1=O.Cl. The molecule has 3 aromatic rings. The molecule has 0 saturated carbocycles. The van der Waals surface area contributed by atoms with E-state index in [2.05, 4.69) is 33.7 Å². The number of carbonyl (C=O) groups excluding carboxylic acids is 1. The number of ketones is 1. The third kappa shape index (κ3) is 2.38. The average Bonchev–Trinajstić information content (AvgIpc) is 3.05. The molecule has 1 aliphatic rings. The van der Waals surface area contributed by atoms with Crippen LogP contribution in [0.15, 0.2) is 30.6 Å². The fourth-order valence-electron chi connectivity index (χ4n) is 3.68. The first-order valence-corrected chi connectivity index (χ1v) is 7.76. The smallest absolute Gasteiger partial charge is 0.168 e. The van der Waals surface area contributed by atoms with E-state index >= 15 is 0 Å². The monoisotopic (exact) mass is 329 g/mol.